The minimum absolute atomic E-state index is 0.00512. The first kappa shape index (κ1) is 22.8. The largest absolute Gasteiger partial charge is 0.394 e. The van der Waals surface area contributed by atoms with Crippen molar-refractivity contribution in [3.05, 3.63) is 132 Å². The van der Waals surface area contributed by atoms with E-state index >= 15 is 0 Å². The molecule has 0 aliphatic carbocycles. The zero-order valence-electron chi connectivity index (χ0n) is 20.7. The maximum Gasteiger partial charge on any atom is 0.258 e. The Balaban J connectivity index is 1.90. The van der Waals surface area contributed by atoms with E-state index < -0.39 is 13.9 Å². The fourth-order valence-electron chi connectivity index (χ4n) is 6.00. The van der Waals surface area contributed by atoms with Crippen LogP contribution in [0.25, 0.3) is 0 Å². The molecule has 0 spiro atoms. The number of rotatable bonds is 4. The van der Waals surface area contributed by atoms with Gasteiger partial charge in [0.1, 0.15) is 5.60 Å². The van der Waals surface area contributed by atoms with Gasteiger partial charge in [-0.3, -0.25) is 0 Å². The van der Waals surface area contributed by atoms with Gasteiger partial charge in [-0.1, -0.05) is 149 Å². The van der Waals surface area contributed by atoms with Gasteiger partial charge in [0.2, 0.25) is 0 Å². The van der Waals surface area contributed by atoms with Gasteiger partial charge in [0, 0.05) is 5.41 Å². The van der Waals surface area contributed by atoms with Crippen molar-refractivity contribution in [1.29, 1.82) is 0 Å². The first-order valence-electron chi connectivity index (χ1n) is 12.3. The zero-order chi connectivity index (χ0) is 23.9. The summed E-state index contributed by atoms with van der Waals surface area (Å²) in [4.78, 5) is 0. The molecule has 1 heterocycles. The number of hydrogen-bond donors (Lipinski definition) is 0. The maximum atomic E-state index is 7.90. The van der Waals surface area contributed by atoms with Crippen LogP contribution in [0.1, 0.15) is 38.8 Å². The molecule has 34 heavy (non-hydrogen) atoms. The monoisotopic (exact) mass is 462 g/mol. The van der Waals surface area contributed by atoms with E-state index in [2.05, 4.69) is 149 Å². The molecule has 4 aromatic carbocycles. The lowest BCUT2D eigenvalue weighted by Crippen LogP contribution is -2.73. The van der Waals surface area contributed by atoms with E-state index in [1.165, 1.54) is 21.5 Å². The van der Waals surface area contributed by atoms with E-state index in [0.29, 0.717) is 0 Å². The zero-order valence-corrected chi connectivity index (χ0v) is 21.7. The van der Waals surface area contributed by atoms with E-state index in [-0.39, 0.29) is 10.8 Å². The van der Waals surface area contributed by atoms with Crippen molar-refractivity contribution in [1.82, 2.24) is 0 Å². The second kappa shape index (κ2) is 8.37. The summed E-state index contributed by atoms with van der Waals surface area (Å²) < 4.78 is 7.90. The van der Waals surface area contributed by atoms with Crippen LogP contribution in [0.5, 0.6) is 0 Å². The molecule has 4 aromatic rings. The van der Waals surface area contributed by atoms with Crippen LogP contribution in [0.15, 0.2) is 121 Å². The van der Waals surface area contributed by atoms with E-state index in [4.69, 9.17) is 4.43 Å². The third-order valence-electron chi connectivity index (χ3n) is 8.43. The normalized spacial score (nSPS) is 19.9. The molecule has 0 radical (unpaired) electrons. The Labute approximate surface area is 205 Å². The molecule has 0 aromatic heterocycles. The predicted molar refractivity (Wildman–Crippen MR) is 145 cm³/mol. The molecule has 172 valence electrons. The molecule has 5 rings (SSSR count). The second-order valence-electron chi connectivity index (χ2n) is 10.8. The Hall–Kier alpha value is -2.94. The highest BCUT2D eigenvalue weighted by Gasteiger charge is 2.66. The Morgan fingerprint density at radius 1 is 0.529 bits per heavy atom. The van der Waals surface area contributed by atoms with Crippen LogP contribution in [-0.4, -0.2) is 8.32 Å². The summed E-state index contributed by atoms with van der Waals surface area (Å²) in [6.07, 6.45) is 0. The quantitative estimate of drug-likeness (QED) is 0.304. The number of benzene rings is 4. The first-order valence-corrected chi connectivity index (χ1v) is 14.4. The second-order valence-corrected chi connectivity index (χ2v) is 14.1. The van der Waals surface area contributed by atoms with Gasteiger partial charge in [-0.15, -0.1) is 0 Å². The van der Waals surface area contributed by atoms with E-state index in [1.54, 1.807) is 0 Å². The van der Waals surface area contributed by atoms with Crippen molar-refractivity contribution in [2.24, 2.45) is 10.8 Å². The molecule has 2 heteroatoms. The van der Waals surface area contributed by atoms with Crippen molar-refractivity contribution in [2.45, 2.75) is 39.3 Å². The topological polar surface area (TPSA) is 9.23 Å². The van der Waals surface area contributed by atoms with E-state index in [9.17, 15) is 0 Å². The van der Waals surface area contributed by atoms with Crippen molar-refractivity contribution < 1.29 is 4.43 Å². The molecular weight excluding hydrogens is 428 g/mol. The molecule has 0 saturated carbocycles. The summed E-state index contributed by atoms with van der Waals surface area (Å²) in [5.74, 6) is 0. The van der Waals surface area contributed by atoms with Crippen LogP contribution in [-0.2, 0) is 10.0 Å². The van der Waals surface area contributed by atoms with Crippen molar-refractivity contribution in [3.8, 4) is 0 Å². The minimum atomic E-state index is -2.66. The van der Waals surface area contributed by atoms with Crippen molar-refractivity contribution >= 4 is 18.7 Å². The molecule has 1 aliphatic rings. The van der Waals surface area contributed by atoms with Crippen LogP contribution >= 0.6 is 0 Å². The first-order chi connectivity index (χ1) is 16.3. The van der Waals surface area contributed by atoms with Gasteiger partial charge in [0.25, 0.3) is 8.32 Å². The van der Waals surface area contributed by atoms with Crippen molar-refractivity contribution in [2.75, 3.05) is 0 Å². The van der Waals surface area contributed by atoms with Crippen LogP contribution in [0.3, 0.4) is 0 Å². The smallest absolute Gasteiger partial charge is 0.258 e. The standard InChI is InChI=1S/C32H34OSi/c1-30(2)25-34(28-21-13-7-14-22-28,29-23-15-8-16-24-29)33-32(31(30,3)4,26-17-9-5-10-18-26)27-19-11-6-12-20-27/h5-24H,25H2,1-4H3. The van der Waals surface area contributed by atoms with Gasteiger partial charge in [-0.25, -0.2) is 0 Å². The Kier molecular flexibility index (Phi) is 5.62. The summed E-state index contributed by atoms with van der Waals surface area (Å²) in [7, 11) is -2.66. The van der Waals surface area contributed by atoms with Gasteiger partial charge in [0.05, 0.1) is 0 Å². The molecule has 0 amide bonds. The third-order valence-corrected chi connectivity index (χ3v) is 13.0. The average Bonchev–Trinajstić information content (AvgIpc) is 2.88. The lowest BCUT2D eigenvalue weighted by atomic mass is 9.55. The van der Waals surface area contributed by atoms with E-state index in [0.717, 1.165) is 6.04 Å². The summed E-state index contributed by atoms with van der Waals surface area (Å²) in [5, 5.41) is 2.67. The molecule has 1 fully saturated rings. The van der Waals surface area contributed by atoms with Gasteiger partial charge < -0.3 is 4.43 Å². The van der Waals surface area contributed by atoms with Crippen LogP contribution in [0, 0.1) is 10.8 Å². The highest BCUT2D eigenvalue weighted by Crippen LogP contribution is 2.63. The van der Waals surface area contributed by atoms with Gasteiger partial charge in [-0.2, -0.15) is 0 Å². The molecular formula is C32H34OSi. The summed E-state index contributed by atoms with van der Waals surface area (Å²) in [6, 6.07) is 44.8. The van der Waals surface area contributed by atoms with Crippen LogP contribution in [0.4, 0.5) is 0 Å². The van der Waals surface area contributed by atoms with Gasteiger partial charge in [-0.05, 0) is 33.0 Å². The Bertz CT molecular complexity index is 1150. The third kappa shape index (κ3) is 3.32. The Morgan fingerprint density at radius 3 is 1.26 bits per heavy atom. The summed E-state index contributed by atoms with van der Waals surface area (Å²) in [5.41, 5.74) is 1.66. The maximum absolute atomic E-state index is 7.90. The van der Waals surface area contributed by atoms with Crippen LogP contribution in [0.2, 0.25) is 6.04 Å². The van der Waals surface area contributed by atoms with Crippen LogP contribution < -0.4 is 10.4 Å². The van der Waals surface area contributed by atoms with Crippen molar-refractivity contribution in [3.63, 3.8) is 0 Å². The fraction of sp³-hybridized carbons (Fsp3) is 0.250. The van der Waals surface area contributed by atoms with E-state index in [1.807, 2.05) is 0 Å². The SMILES string of the molecule is CC1(C)C[Si](c2ccccc2)(c2ccccc2)OC(c2ccccc2)(c2ccccc2)C1(C)C. The predicted octanol–water partition coefficient (Wildman–Crippen LogP) is 6.77. The molecule has 0 N–H and O–H groups in total. The molecule has 0 atom stereocenters. The minimum Gasteiger partial charge on any atom is -0.394 e. The fourth-order valence-corrected chi connectivity index (χ4v) is 11.2. The highest BCUT2D eigenvalue weighted by atomic mass is 28.4. The Morgan fingerprint density at radius 2 is 0.882 bits per heavy atom. The lowest BCUT2D eigenvalue weighted by Gasteiger charge is -2.64. The number of hydrogen-bond acceptors (Lipinski definition) is 1. The van der Waals surface area contributed by atoms with Gasteiger partial charge in [0.15, 0.2) is 0 Å². The molecule has 0 unspecified atom stereocenters. The highest BCUT2D eigenvalue weighted by molar-refractivity contribution is 6.97. The molecule has 1 nitrogen and oxygen atoms in total. The average molecular weight is 463 g/mol. The summed E-state index contributed by atoms with van der Waals surface area (Å²) in [6.45, 7) is 9.70. The molecule has 0 bridgehead atoms. The van der Waals surface area contributed by atoms with Gasteiger partial charge >= 0.3 is 0 Å². The lowest BCUT2D eigenvalue weighted by molar-refractivity contribution is -0.107. The summed E-state index contributed by atoms with van der Waals surface area (Å²) >= 11 is 0. The molecule has 1 aliphatic heterocycles. The molecule has 1 saturated heterocycles.